The summed E-state index contributed by atoms with van der Waals surface area (Å²) in [6.45, 7) is 4.33. The Kier molecular flexibility index (Phi) is 5.50. The van der Waals surface area contributed by atoms with E-state index in [1.807, 2.05) is 19.1 Å². The lowest BCUT2D eigenvalue weighted by Gasteiger charge is -2.24. The Bertz CT molecular complexity index is 607. The van der Waals surface area contributed by atoms with Gasteiger partial charge in [0.25, 0.3) is 5.91 Å². The maximum atomic E-state index is 11.4. The van der Waals surface area contributed by atoms with Crippen LogP contribution >= 0.6 is 0 Å². The average molecular weight is 300 g/mol. The molecule has 0 radical (unpaired) electrons. The number of nitrogens with zero attached hydrogens (tertiary/aromatic N) is 3. The van der Waals surface area contributed by atoms with E-state index in [2.05, 4.69) is 27.5 Å². The van der Waals surface area contributed by atoms with Gasteiger partial charge in [0, 0.05) is 19.1 Å². The molecular weight excluding hydrogens is 280 g/mol. The highest BCUT2D eigenvalue weighted by atomic mass is 16.4. The standard InChI is InChI=1S/C16H20N4O2/c1-12(19-16(21)9-18-22)10-20-7-3-6-15-13(8-17)4-2-5-14(15)11-20/h2,4-5,9,12,22H,3,6-7,10-11H2,1H3,(H,19,21)/b18-9-/t12-/m0/s1. The SMILES string of the molecule is C[C@@H](CN1CCCc2c(C#N)cccc2C1)NC(=O)/C=N\O. The summed E-state index contributed by atoms with van der Waals surface area (Å²) in [6, 6.07) is 8.07. The van der Waals surface area contributed by atoms with Crippen molar-refractivity contribution < 1.29 is 10.0 Å². The van der Waals surface area contributed by atoms with Crippen LogP contribution < -0.4 is 5.32 Å². The number of carbonyl (C=O) groups is 1. The summed E-state index contributed by atoms with van der Waals surface area (Å²) >= 11 is 0. The molecule has 1 aliphatic rings. The van der Waals surface area contributed by atoms with Gasteiger partial charge >= 0.3 is 0 Å². The van der Waals surface area contributed by atoms with E-state index in [1.54, 1.807) is 0 Å². The summed E-state index contributed by atoms with van der Waals surface area (Å²) in [4.78, 5) is 13.6. The van der Waals surface area contributed by atoms with E-state index < -0.39 is 5.91 Å². The lowest BCUT2D eigenvalue weighted by Crippen LogP contribution is -2.42. The van der Waals surface area contributed by atoms with Gasteiger partial charge in [-0.1, -0.05) is 17.3 Å². The van der Waals surface area contributed by atoms with Crippen molar-refractivity contribution in [2.24, 2.45) is 5.16 Å². The zero-order chi connectivity index (χ0) is 15.9. The summed E-state index contributed by atoms with van der Waals surface area (Å²) < 4.78 is 0. The number of nitriles is 1. The molecule has 1 aromatic rings. The van der Waals surface area contributed by atoms with E-state index in [-0.39, 0.29) is 6.04 Å². The van der Waals surface area contributed by atoms with Crippen molar-refractivity contribution in [1.29, 1.82) is 5.26 Å². The molecule has 2 N–H and O–H groups in total. The van der Waals surface area contributed by atoms with E-state index >= 15 is 0 Å². The number of nitrogens with one attached hydrogen (secondary N) is 1. The Labute approximate surface area is 130 Å². The summed E-state index contributed by atoms with van der Waals surface area (Å²) in [7, 11) is 0. The van der Waals surface area contributed by atoms with Crippen LogP contribution in [0.3, 0.4) is 0 Å². The highest BCUT2D eigenvalue weighted by molar-refractivity contribution is 6.26. The summed E-state index contributed by atoms with van der Waals surface area (Å²) in [5, 5.41) is 23.0. The second kappa shape index (κ2) is 7.57. The van der Waals surface area contributed by atoms with Crippen LogP contribution in [0, 0.1) is 11.3 Å². The highest BCUT2D eigenvalue weighted by Gasteiger charge is 2.18. The molecule has 1 aliphatic heterocycles. The molecule has 1 aromatic carbocycles. The van der Waals surface area contributed by atoms with E-state index in [9.17, 15) is 10.1 Å². The molecule has 6 nitrogen and oxygen atoms in total. The minimum atomic E-state index is -0.406. The van der Waals surface area contributed by atoms with Gasteiger partial charge < -0.3 is 10.5 Å². The Morgan fingerprint density at radius 2 is 2.45 bits per heavy atom. The number of rotatable bonds is 4. The van der Waals surface area contributed by atoms with Gasteiger partial charge in [0.05, 0.1) is 11.6 Å². The first-order valence-corrected chi connectivity index (χ1v) is 7.35. The normalized spacial score (nSPS) is 16.5. The van der Waals surface area contributed by atoms with Gasteiger partial charge in [-0.2, -0.15) is 5.26 Å². The maximum absolute atomic E-state index is 11.4. The van der Waals surface area contributed by atoms with Crippen molar-refractivity contribution in [3.8, 4) is 6.07 Å². The van der Waals surface area contributed by atoms with Crippen molar-refractivity contribution in [1.82, 2.24) is 10.2 Å². The van der Waals surface area contributed by atoms with Gasteiger partial charge in [0.2, 0.25) is 0 Å². The third-order valence-electron chi connectivity index (χ3n) is 3.78. The van der Waals surface area contributed by atoms with Crippen molar-refractivity contribution >= 4 is 12.1 Å². The van der Waals surface area contributed by atoms with Crippen LogP contribution in [0.15, 0.2) is 23.4 Å². The quantitative estimate of drug-likeness (QED) is 0.498. The number of hydrogen-bond donors (Lipinski definition) is 2. The number of oxime groups is 1. The van der Waals surface area contributed by atoms with E-state index in [1.165, 1.54) is 5.56 Å². The van der Waals surface area contributed by atoms with E-state index in [4.69, 9.17) is 5.21 Å². The minimum absolute atomic E-state index is 0.0498. The molecule has 1 atom stereocenters. The van der Waals surface area contributed by atoms with Gasteiger partial charge in [0.1, 0.15) is 6.21 Å². The molecule has 2 rings (SSSR count). The molecule has 0 spiro atoms. The van der Waals surface area contributed by atoms with Crippen LogP contribution in [0.25, 0.3) is 0 Å². The van der Waals surface area contributed by atoms with E-state index in [0.29, 0.717) is 6.54 Å². The molecule has 0 fully saturated rings. The zero-order valence-corrected chi connectivity index (χ0v) is 12.6. The first-order valence-electron chi connectivity index (χ1n) is 7.35. The Morgan fingerprint density at radius 3 is 3.18 bits per heavy atom. The molecule has 6 heteroatoms. The molecule has 0 saturated heterocycles. The van der Waals surface area contributed by atoms with Crippen LogP contribution in [-0.4, -0.2) is 41.4 Å². The lowest BCUT2D eigenvalue weighted by atomic mass is 9.99. The van der Waals surface area contributed by atoms with Crippen molar-refractivity contribution in [3.63, 3.8) is 0 Å². The summed E-state index contributed by atoms with van der Waals surface area (Å²) in [5.74, 6) is -0.406. The molecule has 116 valence electrons. The molecular formula is C16H20N4O2. The Hall–Kier alpha value is -2.39. The Morgan fingerprint density at radius 1 is 1.64 bits per heavy atom. The van der Waals surface area contributed by atoms with Crippen molar-refractivity contribution in [3.05, 3.63) is 34.9 Å². The first-order chi connectivity index (χ1) is 10.6. The lowest BCUT2D eigenvalue weighted by molar-refractivity contribution is -0.115. The number of amides is 1. The fraction of sp³-hybridized carbons (Fsp3) is 0.438. The smallest absolute Gasteiger partial charge is 0.266 e. The topological polar surface area (TPSA) is 88.7 Å². The van der Waals surface area contributed by atoms with Gasteiger partial charge in [-0.3, -0.25) is 9.69 Å². The minimum Gasteiger partial charge on any atom is -0.411 e. The molecule has 0 bridgehead atoms. The number of carbonyl (C=O) groups excluding carboxylic acids is 1. The molecule has 1 amide bonds. The summed E-state index contributed by atoms with van der Waals surface area (Å²) in [5.41, 5.74) is 3.10. The van der Waals surface area contributed by atoms with Crippen LogP contribution in [0.2, 0.25) is 0 Å². The maximum Gasteiger partial charge on any atom is 0.266 e. The monoisotopic (exact) mass is 300 g/mol. The van der Waals surface area contributed by atoms with Crippen molar-refractivity contribution in [2.75, 3.05) is 13.1 Å². The largest absolute Gasteiger partial charge is 0.411 e. The fourth-order valence-corrected chi connectivity index (χ4v) is 2.90. The predicted octanol–water partition coefficient (Wildman–Crippen LogP) is 1.27. The molecule has 0 aliphatic carbocycles. The zero-order valence-electron chi connectivity index (χ0n) is 12.6. The fourth-order valence-electron chi connectivity index (χ4n) is 2.90. The van der Waals surface area contributed by atoms with Gasteiger partial charge in [-0.05, 0) is 43.5 Å². The molecule has 0 aromatic heterocycles. The number of benzene rings is 1. The number of hydrogen-bond acceptors (Lipinski definition) is 5. The number of fused-ring (bicyclic) bond motifs is 1. The Balaban J connectivity index is 2.02. The molecule has 0 saturated carbocycles. The second-order valence-electron chi connectivity index (χ2n) is 5.55. The van der Waals surface area contributed by atoms with Crippen LogP contribution in [0.4, 0.5) is 0 Å². The van der Waals surface area contributed by atoms with Gasteiger partial charge in [0.15, 0.2) is 0 Å². The van der Waals surface area contributed by atoms with Crippen LogP contribution in [0.5, 0.6) is 0 Å². The first kappa shape index (κ1) is 16.0. The molecule has 1 heterocycles. The summed E-state index contributed by atoms with van der Waals surface area (Å²) in [6.07, 6.45) is 2.76. The molecule has 0 unspecified atom stereocenters. The highest BCUT2D eigenvalue weighted by Crippen LogP contribution is 2.22. The third kappa shape index (κ3) is 4.06. The van der Waals surface area contributed by atoms with Crippen LogP contribution in [0.1, 0.15) is 30.0 Å². The van der Waals surface area contributed by atoms with E-state index in [0.717, 1.165) is 43.3 Å². The van der Waals surface area contributed by atoms with Crippen molar-refractivity contribution in [2.45, 2.75) is 32.4 Å². The van der Waals surface area contributed by atoms with Gasteiger partial charge in [-0.25, -0.2) is 0 Å². The average Bonchev–Trinajstić information content (AvgIpc) is 2.68. The third-order valence-corrected chi connectivity index (χ3v) is 3.78. The molecule has 22 heavy (non-hydrogen) atoms. The second-order valence-corrected chi connectivity index (χ2v) is 5.55. The predicted molar refractivity (Wildman–Crippen MR) is 82.6 cm³/mol. The van der Waals surface area contributed by atoms with Gasteiger partial charge in [-0.15, -0.1) is 0 Å². The van der Waals surface area contributed by atoms with Crippen LogP contribution in [-0.2, 0) is 17.8 Å².